The fourth-order valence-electron chi connectivity index (χ4n) is 3.40. The van der Waals surface area contributed by atoms with E-state index < -0.39 is 27.8 Å². The van der Waals surface area contributed by atoms with Gasteiger partial charge in [-0.3, -0.25) is 9.59 Å². The van der Waals surface area contributed by atoms with Crippen molar-refractivity contribution >= 4 is 45.3 Å². The third-order valence-corrected chi connectivity index (χ3v) is 6.49. The summed E-state index contributed by atoms with van der Waals surface area (Å²) >= 11 is 0. The zero-order valence-corrected chi connectivity index (χ0v) is 19.4. The number of rotatable bonds is 6. The van der Waals surface area contributed by atoms with Crippen LogP contribution in [0.25, 0.3) is 17.4 Å². The van der Waals surface area contributed by atoms with Gasteiger partial charge >= 0.3 is 5.97 Å². The van der Waals surface area contributed by atoms with Gasteiger partial charge in [0.1, 0.15) is 11.5 Å². The molecule has 2 amide bonds. The number of nitrogens with zero attached hydrogens (tertiary/aromatic N) is 2. The molecule has 1 aromatic heterocycles. The number of nitrogens with one attached hydrogen (secondary N) is 1. The summed E-state index contributed by atoms with van der Waals surface area (Å²) in [5.41, 5.74) is 1.66. The van der Waals surface area contributed by atoms with E-state index in [4.69, 9.17) is 4.42 Å². The molecule has 0 radical (unpaired) electrons. The summed E-state index contributed by atoms with van der Waals surface area (Å²) in [5.74, 6) is -1.43. The fraction of sp³-hybridized carbons (Fsp3) is 0.0833. The SMILES string of the molecule is CC(=O)NS(=O)(=O)c1ccc(-c2ccc(/C=C3\C(=O)N(c4cccc(C(=O)O)c4)N=C3C)o2)cc1. The minimum absolute atomic E-state index is 0.0344. The van der Waals surface area contributed by atoms with E-state index in [2.05, 4.69) is 5.10 Å². The molecule has 2 heterocycles. The molecule has 0 saturated heterocycles. The molecule has 0 fully saturated rings. The van der Waals surface area contributed by atoms with E-state index in [0.29, 0.717) is 28.5 Å². The van der Waals surface area contributed by atoms with Crippen molar-refractivity contribution < 1.29 is 32.3 Å². The first-order valence-corrected chi connectivity index (χ1v) is 11.7. The van der Waals surface area contributed by atoms with Gasteiger partial charge in [0.25, 0.3) is 15.9 Å². The highest BCUT2D eigenvalue weighted by Gasteiger charge is 2.29. The maximum absolute atomic E-state index is 13.0. The molecule has 4 rings (SSSR count). The van der Waals surface area contributed by atoms with E-state index in [1.54, 1.807) is 25.1 Å². The van der Waals surface area contributed by atoms with Crippen LogP contribution in [-0.2, 0) is 19.6 Å². The van der Waals surface area contributed by atoms with Crippen LogP contribution in [0.2, 0.25) is 0 Å². The van der Waals surface area contributed by atoms with Gasteiger partial charge in [0, 0.05) is 12.5 Å². The van der Waals surface area contributed by atoms with Crippen LogP contribution >= 0.6 is 0 Å². The monoisotopic (exact) mass is 493 g/mol. The van der Waals surface area contributed by atoms with Crippen LogP contribution in [0.15, 0.2) is 80.7 Å². The van der Waals surface area contributed by atoms with Crippen molar-refractivity contribution in [1.82, 2.24) is 4.72 Å². The molecule has 0 unspecified atom stereocenters. The molecule has 178 valence electrons. The minimum atomic E-state index is -3.94. The molecule has 2 N–H and O–H groups in total. The van der Waals surface area contributed by atoms with E-state index in [1.807, 2.05) is 4.72 Å². The topological polar surface area (TPSA) is 146 Å². The number of aromatic carboxylic acids is 1. The molecule has 0 saturated carbocycles. The van der Waals surface area contributed by atoms with Crippen LogP contribution < -0.4 is 9.73 Å². The second-order valence-corrected chi connectivity index (χ2v) is 9.29. The largest absolute Gasteiger partial charge is 0.478 e. The number of furan rings is 1. The molecule has 3 aromatic rings. The lowest BCUT2D eigenvalue weighted by Crippen LogP contribution is -2.28. The molecule has 1 aliphatic heterocycles. The zero-order chi connectivity index (χ0) is 25.3. The van der Waals surface area contributed by atoms with E-state index in [-0.39, 0.29) is 16.0 Å². The number of hydrazone groups is 1. The fourth-order valence-corrected chi connectivity index (χ4v) is 4.39. The molecule has 1 aliphatic rings. The average molecular weight is 493 g/mol. The minimum Gasteiger partial charge on any atom is -0.478 e. The molecule has 0 spiro atoms. The number of carbonyl (C=O) groups excluding carboxylic acids is 2. The Morgan fingerprint density at radius 2 is 1.80 bits per heavy atom. The highest BCUT2D eigenvalue weighted by atomic mass is 32.2. The Labute approximate surface area is 200 Å². The summed E-state index contributed by atoms with van der Waals surface area (Å²) in [6, 6.07) is 15.0. The Kier molecular flexibility index (Phi) is 6.10. The van der Waals surface area contributed by atoms with Gasteiger partial charge in [0.2, 0.25) is 5.91 Å². The summed E-state index contributed by atoms with van der Waals surface area (Å²) in [5, 5.41) is 14.6. The summed E-state index contributed by atoms with van der Waals surface area (Å²) in [7, 11) is -3.94. The Bertz CT molecular complexity index is 1520. The summed E-state index contributed by atoms with van der Waals surface area (Å²) < 4.78 is 31.9. The number of hydrogen-bond donors (Lipinski definition) is 2. The lowest BCUT2D eigenvalue weighted by atomic mass is 10.1. The summed E-state index contributed by atoms with van der Waals surface area (Å²) in [6.07, 6.45) is 1.53. The second kappa shape index (κ2) is 9.03. The van der Waals surface area contributed by atoms with Crippen LogP contribution in [0.1, 0.15) is 30.0 Å². The van der Waals surface area contributed by atoms with Crippen LogP contribution in [0.5, 0.6) is 0 Å². The van der Waals surface area contributed by atoms with Gasteiger partial charge in [-0.05, 0) is 67.6 Å². The summed E-state index contributed by atoms with van der Waals surface area (Å²) in [6.45, 7) is 2.77. The van der Waals surface area contributed by atoms with Crippen molar-refractivity contribution in [3.05, 3.63) is 77.6 Å². The maximum atomic E-state index is 13.0. The lowest BCUT2D eigenvalue weighted by Gasteiger charge is -2.12. The Morgan fingerprint density at radius 3 is 2.46 bits per heavy atom. The number of carboxylic acid groups (broad SMARTS) is 1. The van der Waals surface area contributed by atoms with Crippen molar-refractivity contribution in [2.45, 2.75) is 18.7 Å². The first-order chi connectivity index (χ1) is 16.5. The smallest absolute Gasteiger partial charge is 0.335 e. The van der Waals surface area contributed by atoms with Crippen LogP contribution in [0, 0.1) is 0 Å². The quantitative estimate of drug-likeness (QED) is 0.501. The van der Waals surface area contributed by atoms with Crippen molar-refractivity contribution in [3.8, 4) is 11.3 Å². The number of amides is 2. The number of anilines is 1. The molecule has 0 bridgehead atoms. The average Bonchev–Trinajstić information content (AvgIpc) is 3.39. The first kappa shape index (κ1) is 23.6. The van der Waals surface area contributed by atoms with Crippen molar-refractivity contribution in [3.63, 3.8) is 0 Å². The molecular weight excluding hydrogens is 474 g/mol. The van der Waals surface area contributed by atoms with Gasteiger partial charge in [-0.2, -0.15) is 10.1 Å². The van der Waals surface area contributed by atoms with Crippen molar-refractivity contribution in [2.24, 2.45) is 5.10 Å². The predicted molar refractivity (Wildman–Crippen MR) is 127 cm³/mol. The Morgan fingerprint density at radius 1 is 1.09 bits per heavy atom. The number of hydrogen-bond acceptors (Lipinski definition) is 7. The van der Waals surface area contributed by atoms with E-state index in [1.165, 1.54) is 48.5 Å². The van der Waals surface area contributed by atoms with Gasteiger partial charge in [-0.1, -0.05) is 6.07 Å². The Hall–Kier alpha value is -4.51. The van der Waals surface area contributed by atoms with Crippen LogP contribution in [0.4, 0.5) is 5.69 Å². The third-order valence-electron chi connectivity index (χ3n) is 5.04. The number of sulfonamides is 1. The van der Waals surface area contributed by atoms with E-state index >= 15 is 0 Å². The number of benzene rings is 2. The van der Waals surface area contributed by atoms with E-state index in [9.17, 15) is 27.9 Å². The van der Waals surface area contributed by atoms with Gasteiger partial charge in [0.05, 0.1) is 27.4 Å². The normalized spacial score (nSPS) is 14.8. The highest BCUT2D eigenvalue weighted by molar-refractivity contribution is 7.90. The molecule has 35 heavy (non-hydrogen) atoms. The van der Waals surface area contributed by atoms with Gasteiger partial charge < -0.3 is 9.52 Å². The van der Waals surface area contributed by atoms with Gasteiger partial charge in [-0.15, -0.1) is 0 Å². The first-order valence-electron chi connectivity index (χ1n) is 10.2. The molecule has 11 heteroatoms. The van der Waals surface area contributed by atoms with Gasteiger partial charge in [0.15, 0.2) is 0 Å². The van der Waals surface area contributed by atoms with E-state index in [0.717, 1.165) is 11.9 Å². The van der Waals surface area contributed by atoms with Crippen molar-refractivity contribution in [1.29, 1.82) is 0 Å². The standard InChI is InChI=1S/C24H19N3O7S/c1-14-21(23(29)27(25-14)18-5-3-4-17(12-18)24(30)31)13-19-8-11-22(34-19)16-6-9-20(10-7-16)35(32,33)26-15(2)28/h3-13H,1-2H3,(H,26,28)(H,30,31)/b21-13-. The Balaban J connectivity index is 1.56. The molecule has 0 atom stereocenters. The number of carboxylic acids is 1. The lowest BCUT2D eigenvalue weighted by molar-refractivity contribution is -0.117. The van der Waals surface area contributed by atoms with Crippen LogP contribution in [0.3, 0.4) is 0 Å². The molecule has 10 nitrogen and oxygen atoms in total. The second-order valence-electron chi connectivity index (χ2n) is 7.60. The van der Waals surface area contributed by atoms with Crippen molar-refractivity contribution in [2.75, 3.05) is 5.01 Å². The molecular formula is C24H19N3O7S. The molecule has 0 aliphatic carbocycles. The number of carbonyl (C=O) groups is 3. The predicted octanol–water partition coefficient (Wildman–Crippen LogP) is 3.28. The third kappa shape index (κ3) is 4.89. The van der Waals surface area contributed by atoms with Gasteiger partial charge in [-0.25, -0.2) is 17.9 Å². The van der Waals surface area contributed by atoms with Crippen LogP contribution in [-0.4, -0.2) is 37.0 Å². The molecule has 2 aromatic carbocycles. The zero-order valence-electron chi connectivity index (χ0n) is 18.6. The summed E-state index contributed by atoms with van der Waals surface area (Å²) in [4.78, 5) is 35.2. The maximum Gasteiger partial charge on any atom is 0.335 e. The highest BCUT2D eigenvalue weighted by Crippen LogP contribution is 2.28.